The van der Waals surface area contributed by atoms with Crippen LogP contribution in [0.25, 0.3) is 0 Å². The summed E-state index contributed by atoms with van der Waals surface area (Å²) in [4.78, 5) is 9.63. The Bertz CT molecular complexity index is 86.5. The van der Waals surface area contributed by atoms with Crippen molar-refractivity contribution in [2.24, 2.45) is 0 Å². The van der Waals surface area contributed by atoms with Gasteiger partial charge >= 0.3 is 0 Å². The van der Waals surface area contributed by atoms with Gasteiger partial charge in [0.15, 0.2) is 0 Å². The first-order valence-corrected chi connectivity index (χ1v) is 2.53. The van der Waals surface area contributed by atoms with E-state index in [9.17, 15) is 4.79 Å². The number of rotatable bonds is 3. The quantitative estimate of drug-likeness (QED) is 0.406. The van der Waals surface area contributed by atoms with E-state index in [0.717, 1.165) is 0 Å². The highest BCUT2D eigenvalue weighted by Crippen LogP contribution is 1.87. The fourth-order valence-corrected chi connectivity index (χ4v) is 0.404. The number of hydrogen-bond acceptors (Lipinski definition) is 2. The molecule has 0 aliphatic heterocycles. The van der Waals surface area contributed by atoms with Gasteiger partial charge in [0, 0.05) is 0 Å². The SMILES string of the molecule is C/C=C/C(C)OC=O. The van der Waals surface area contributed by atoms with Crippen LogP contribution in [0.3, 0.4) is 0 Å². The lowest BCUT2D eigenvalue weighted by molar-refractivity contribution is -0.130. The van der Waals surface area contributed by atoms with Gasteiger partial charge in [0.1, 0.15) is 6.10 Å². The molecule has 2 nitrogen and oxygen atoms in total. The Balaban J connectivity index is 3.31. The van der Waals surface area contributed by atoms with E-state index in [1.807, 2.05) is 13.0 Å². The minimum Gasteiger partial charge on any atom is -0.461 e. The molecule has 0 amide bonds. The van der Waals surface area contributed by atoms with Gasteiger partial charge in [-0.3, -0.25) is 4.79 Å². The van der Waals surface area contributed by atoms with Crippen LogP contribution in [-0.4, -0.2) is 12.6 Å². The topological polar surface area (TPSA) is 26.3 Å². The van der Waals surface area contributed by atoms with Crippen LogP contribution in [0, 0.1) is 0 Å². The zero-order chi connectivity index (χ0) is 6.41. The number of hydrogen-bond donors (Lipinski definition) is 0. The molecule has 0 rings (SSSR count). The van der Waals surface area contributed by atoms with Gasteiger partial charge in [-0.15, -0.1) is 0 Å². The van der Waals surface area contributed by atoms with Gasteiger partial charge in [0.2, 0.25) is 0 Å². The van der Waals surface area contributed by atoms with Crippen LogP contribution >= 0.6 is 0 Å². The lowest BCUT2D eigenvalue weighted by Gasteiger charge is -1.99. The Morgan fingerprint density at radius 1 is 1.62 bits per heavy atom. The summed E-state index contributed by atoms with van der Waals surface area (Å²) in [6.07, 6.45) is 3.56. The second kappa shape index (κ2) is 4.37. The molecule has 0 saturated heterocycles. The van der Waals surface area contributed by atoms with Gasteiger partial charge in [-0.05, 0) is 19.9 Å². The summed E-state index contributed by atoms with van der Waals surface area (Å²) >= 11 is 0. The van der Waals surface area contributed by atoms with Crippen molar-refractivity contribution in [1.29, 1.82) is 0 Å². The molecule has 1 unspecified atom stereocenters. The Hall–Kier alpha value is -0.790. The molecule has 8 heavy (non-hydrogen) atoms. The molecule has 0 radical (unpaired) electrons. The Morgan fingerprint density at radius 3 is 2.62 bits per heavy atom. The van der Waals surface area contributed by atoms with Crippen LogP contribution in [0.1, 0.15) is 13.8 Å². The summed E-state index contributed by atoms with van der Waals surface area (Å²) in [5.41, 5.74) is 0. The molecule has 0 bridgehead atoms. The summed E-state index contributed by atoms with van der Waals surface area (Å²) in [7, 11) is 0. The van der Waals surface area contributed by atoms with Crippen molar-refractivity contribution in [3.05, 3.63) is 12.2 Å². The molecule has 0 spiro atoms. The summed E-state index contributed by atoms with van der Waals surface area (Å²) in [6, 6.07) is 0. The first-order chi connectivity index (χ1) is 3.81. The van der Waals surface area contributed by atoms with Crippen molar-refractivity contribution in [2.45, 2.75) is 20.0 Å². The Kier molecular flexibility index (Phi) is 3.94. The Morgan fingerprint density at radius 2 is 2.25 bits per heavy atom. The van der Waals surface area contributed by atoms with Crippen molar-refractivity contribution in [2.75, 3.05) is 0 Å². The minimum absolute atomic E-state index is 0.0856. The van der Waals surface area contributed by atoms with E-state index in [4.69, 9.17) is 0 Å². The highest BCUT2D eigenvalue weighted by atomic mass is 16.5. The average molecular weight is 114 g/mol. The summed E-state index contributed by atoms with van der Waals surface area (Å²) in [5.74, 6) is 0. The number of allylic oxidation sites excluding steroid dienone is 1. The van der Waals surface area contributed by atoms with E-state index in [1.165, 1.54) is 0 Å². The molecule has 46 valence electrons. The van der Waals surface area contributed by atoms with E-state index >= 15 is 0 Å². The second-order valence-electron chi connectivity index (χ2n) is 1.46. The van der Waals surface area contributed by atoms with E-state index < -0.39 is 0 Å². The first kappa shape index (κ1) is 7.21. The molecule has 0 aromatic carbocycles. The molecule has 0 aromatic rings. The standard InChI is InChI=1S/C6H10O2/c1-3-4-6(2)8-5-7/h3-6H,1-2H3/b4-3+. The van der Waals surface area contributed by atoms with E-state index in [2.05, 4.69) is 4.74 Å². The maximum Gasteiger partial charge on any atom is 0.293 e. The summed E-state index contributed by atoms with van der Waals surface area (Å²) < 4.78 is 4.51. The third-order valence-electron chi connectivity index (χ3n) is 0.734. The molecule has 0 saturated carbocycles. The van der Waals surface area contributed by atoms with Crippen LogP contribution in [0.5, 0.6) is 0 Å². The van der Waals surface area contributed by atoms with Crippen molar-refractivity contribution in [3.8, 4) is 0 Å². The van der Waals surface area contributed by atoms with Crippen LogP contribution in [0.15, 0.2) is 12.2 Å². The van der Waals surface area contributed by atoms with E-state index in [0.29, 0.717) is 6.47 Å². The maximum absolute atomic E-state index is 9.63. The normalized spacial score (nSPS) is 13.8. The number of carbonyl (C=O) groups excluding carboxylic acids is 1. The van der Waals surface area contributed by atoms with E-state index in [-0.39, 0.29) is 6.10 Å². The van der Waals surface area contributed by atoms with Gasteiger partial charge in [-0.1, -0.05) is 6.08 Å². The predicted octanol–water partition coefficient (Wildman–Crippen LogP) is 1.12. The van der Waals surface area contributed by atoms with Crippen molar-refractivity contribution < 1.29 is 9.53 Å². The highest BCUT2D eigenvalue weighted by Gasteiger charge is 1.89. The monoisotopic (exact) mass is 114 g/mol. The summed E-state index contributed by atoms with van der Waals surface area (Å²) in [5, 5.41) is 0. The number of ether oxygens (including phenoxy) is 1. The summed E-state index contributed by atoms with van der Waals surface area (Å²) in [6.45, 7) is 4.13. The van der Waals surface area contributed by atoms with Crippen molar-refractivity contribution >= 4 is 6.47 Å². The molecule has 0 aromatic heterocycles. The molecular weight excluding hydrogens is 104 g/mol. The van der Waals surface area contributed by atoms with Crippen molar-refractivity contribution in [1.82, 2.24) is 0 Å². The van der Waals surface area contributed by atoms with Crippen LogP contribution < -0.4 is 0 Å². The Labute approximate surface area is 49.1 Å². The molecule has 0 aliphatic carbocycles. The van der Waals surface area contributed by atoms with Gasteiger partial charge in [0.05, 0.1) is 0 Å². The third-order valence-corrected chi connectivity index (χ3v) is 0.734. The smallest absolute Gasteiger partial charge is 0.293 e. The zero-order valence-electron chi connectivity index (χ0n) is 5.13. The van der Waals surface area contributed by atoms with Gasteiger partial charge in [0.25, 0.3) is 6.47 Å². The largest absolute Gasteiger partial charge is 0.461 e. The average Bonchev–Trinajstić information content (AvgIpc) is 1.68. The van der Waals surface area contributed by atoms with Crippen LogP contribution in [-0.2, 0) is 9.53 Å². The zero-order valence-corrected chi connectivity index (χ0v) is 5.13. The number of carbonyl (C=O) groups is 1. The van der Waals surface area contributed by atoms with Crippen LogP contribution in [0.2, 0.25) is 0 Å². The van der Waals surface area contributed by atoms with Crippen molar-refractivity contribution in [3.63, 3.8) is 0 Å². The lowest BCUT2D eigenvalue weighted by atomic mass is 10.4. The van der Waals surface area contributed by atoms with Gasteiger partial charge in [-0.25, -0.2) is 0 Å². The van der Waals surface area contributed by atoms with Gasteiger partial charge in [-0.2, -0.15) is 0 Å². The predicted molar refractivity (Wildman–Crippen MR) is 31.4 cm³/mol. The van der Waals surface area contributed by atoms with Crippen LogP contribution in [0.4, 0.5) is 0 Å². The molecule has 2 heteroatoms. The highest BCUT2D eigenvalue weighted by molar-refractivity contribution is 5.37. The molecule has 0 N–H and O–H groups in total. The fraction of sp³-hybridized carbons (Fsp3) is 0.500. The molecule has 0 heterocycles. The first-order valence-electron chi connectivity index (χ1n) is 2.53. The molecule has 0 aliphatic rings. The maximum atomic E-state index is 9.63. The third kappa shape index (κ3) is 3.40. The van der Waals surface area contributed by atoms with Gasteiger partial charge < -0.3 is 4.74 Å². The molecule has 0 fully saturated rings. The molecular formula is C6H10O2. The van der Waals surface area contributed by atoms with E-state index in [1.54, 1.807) is 13.0 Å². The lowest BCUT2D eigenvalue weighted by Crippen LogP contribution is -2.00. The minimum atomic E-state index is -0.0856. The molecule has 1 atom stereocenters. The fourth-order valence-electron chi connectivity index (χ4n) is 0.404. The second-order valence-corrected chi connectivity index (χ2v) is 1.46.